The van der Waals surface area contributed by atoms with Gasteiger partial charge in [0.15, 0.2) is 5.82 Å². The summed E-state index contributed by atoms with van der Waals surface area (Å²) in [5.74, 6) is 0.0212. The van der Waals surface area contributed by atoms with Crippen molar-refractivity contribution in [1.29, 1.82) is 0 Å². The Labute approximate surface area is 160 Å². The van der Waals surface area contributed by atoms with Crippen LogP contribution >= 0.6 is 0 Å². The van der Waals surface area contributed by atoms with Gasteiger partial charge in [0.25, 0.3) is 5.91 Å². The van der Waals surface area contributed by atoms with Gasteiger partial charge in [0.2, 0.25) is 5.96 Å². The van der Waals surface area contributed by atoms with Crippen LogP contribution in [0, 0.1) is 0 Å². The number of hydrogen-bond donors (Lipinski definition) is 4. The first kappa shape index (κ1) is 17.2. The number of imidazole rings is 1. The van der Waals surface area contributed by atoms with Gasteiger partial charge in [-0.25, -0.2) is 10.4 Å². The molecule has 2 heterocycles. The predicted octanol–water partition coefficient (Wildman–Crippen LogP) is 2.21. The number of pyridine rings is 1. The van der Waals surface area contributed by atoms with Crippen LogP contribution in [0.1, 0.15) is 10.4 Å². The molecule has 4 rings (SSSR count). The zero-order valence-electron chi connectivity index (χ0n) is 14.8. The summed E-state index contributed by atoms with van der Waals surface area (Å²) < 4.78 is 0. The quantitative estimate of drug-likeness (QED) is 0.248. The van der Waals surface area contributed by atoms with Crippen molar-refractivity contribution in [3.05, 3.63) is 72.6 Å². The summed E-state index contributed by atoms with van der Waals surface area (Å²) in [6.45, 7) is 0. The Hall–Kier alpha value is -4.20. The van der Waals surface area contributed by atoms with Gasteiger partial charge in [0.1, 0.15) is 5.69 Å². The van der Waals surface area contributed by atoms with E-state index >= 15 is 0 Å². The van der Waals surface area contributed by atoms with Gasteiger partial charge in [0, 0.05) is 22.7 Å². The Balaban J connectivity index is 1.62. The van der Waals surface area contributed by atoms with Gasteiger partial charge in [0.05, 0.1) is 11.9 Å². The molecule has 0 atom stereocenters. The fourth-order valence-electron chi connectivity index (χ4n) is 2.82. The fourth-order valence-corrected chi connectivity index (χ4v) is 2.82. The number of aromatic amines is 1. The molecule has 2 aromatic heterocycles. The van der Waals surface area contributed by atoms with Gasteiger partial charge in [-0.15, -0.1) is 5.10 Å². The number of guanidine groups is 1. The second-order valence-corrected chi connectivity index (χ2v) is 6.12. The molecule has 0 radical (unpaired) electrons. The van der Waals surface area contributed by atoms with E-state index in [4.69, 9.17) is 11.5 Å². The Morgan fingerprint density at radius 2 is 1.79 bits per heavy atom. The highest BCUT2D eigenvalue weighted by atomic mass is 16.2. The summed E-state index contributed by atoms with van der Waals surface area (Å²) in [5, 5.41) is 5.67. The van der Waals surface area contributed by atoms with Crippen molar-refractivity contribution in [1.82, 2.24) is 20.4 Å². The molecule has 0 aliphatic rings. The Bertz CT molecular complexity index is 1190. The van der Waals surface area contributed by atoms with Gasteiger partial charge < -0.3 is 16.5 Å². The topological polar surface area (TPSA) is 135 Å². The number of fused-ring (bicyclic) bond motifs is 1. The molecule has 0 saturated carbocycles. The Morgan fingerprint density at radius 1 is 0.964 bits per heavy atom. The summed E-state index contributed by atoms with van der Waals surface area (Å²) in [5.41, 5.74) is 15.5. The predicted molar refractivity (Wildman–Crippen MR) is 108 cm³/mol. The van der Waals surface area contributed by atoms with Crippen LogP contribution in [0.2, 0.25) is 0 Å². The number of rotatable bonds is 4. The summed E-state index contributed by atoms with van der Waals surface area (Å²) in [4.78, 5) is 24.3. The first-order valence-corrected chi connectivity index (χ1v) is 8.50. The number of H-pyrrole nitrogens is 1. The fraction of sp³-hybridized carbons (Fsp3) is 0. The third kappa shape index (κ3) is 3.51. The van der Waals surface area contributed by atoms with Gasteiger partial charge in [-0.05, 0) is 23.6 Å². The number of amides is 1. The zero-order valence-corrected chi connectivity index (χ0v) is 14.8. The molecule has 0 spiro atoms. The van der Waals surface area contributed by atoms with Crippen molar-refractivity contribution in [3.8, 4) is 22.8 Å². The molecule has 0 aliphatic carbocycles. The second kappa shape index (κ2) is 7.20. The molecule has 8 nitrogen and oxygen atoms in total. The molecule has 6 N–H and O–H groups in total. The van der Waals surface area contributed by atoms with Crippen molar-refractivity contribution in [2.45, 2.75) is 0 Å². The molecule has 138 valence electrons. The summed E-state index contributed by atoms with van der Waals surface area (Å²) in [7, 11) is 0. The van der Waals surface area contributed by atoms with E-state index in [0.717, 1.165) is 27.7 Å². The molecule has 0 aliphatic heterocycles. The first-order valence-electron chi connectivity index (χ1n) is 8.50. The van der Waals surface area contributed by atoms with Crippen molar-refractivity contribution in [3.63, 3.8) is 0 Å². The summed E-state index contributed by atoms with van der Waals surface area (Å²) >= 11 is 0. The lowest BCUT2D eigenvalue weighted by Gasteiger charge is -2.03. The molecule has 4 aromatic rings. The number of nitrogens with two attached hydrogens (primary N) is 2. The minimum absolute atomic E-state index is 0.217. The van der Waals surface area contributed by atoms with E-state index in [-0.39, 0.29) is 5.96 Å². The molecule has 0 bridgehead atoms. The van der Waals surface area contributed by atoms with E-state index < -0.39 is 5.91 Å². The van der Waals surface area contributed by atoms with E-state index in [1.54, 1.807) is 24.4 Å². The monoisotopic (exact) mass is 371 g/mol. The maximum absolute atomic E-state index is 12.1. The molecule has 0 saturated heterocycles. The van der Waals surface area contributed by atoms with Gasteiger partial charge in [-0.1, -0.05) is 36.4 Å². The molecular formula is C20H17N7O. The van der Waals surface area contributed by atoms with Crippen molar-refractivity contribution in [2.75, 3.05) is 0 Å². The molecule has 1 amide bonds. The van der Waals surface area contributed by atoms with Crippen molar-refractivity contribution in [2.24, 2.45) is 16.6 Å². The lowest BCUT2D eigenvalue weighted by Crippen LogP contribution is -2.29. The smallest absolute Gasteiger partial charge is 0.271 e. The van der Waals surface area contributed by atoms with Crippen LogP contribution in [0.5, 0.6) is 0 Å². The zero-order chi connectivity index (χ0) is 19.5. The van der Waals surface area contributed by atoms with Crippen molar-refractivity contribution >= 4 is 22.6 Å². The highest BCUT2D eigenvalue weighted by molar-refractivity contribution is 5.96. The highest BCUT2D eigenvalue weighted by Crippen LogP contribution is 2.24. The standard InChI is InChI=1S/C20H17N7O/c21-20(22)27-26-19(28)14-7-3-6-13(8-14)17-11-24-18(25-17)16-9-12-4-1-2-5-15(12)10-23-16/h1-11H,(H,24,25)(H,26,28)(H4,21,22,27). The molecule has 0 unspecified atom stereocenters. The third-order valence-corrected chi connectivity index (χ3v) is 4.17. The van der Waals surface area contributed by atoms with Crippen LogP contribution in [0.4, 0.5) is 0 Å². The van der Waals surface area contributed by atoms with Crippen LogP contribution in [-0.2, 0) is 0 Å². The number of nitrogens with zero attached hydrogens (tertiary/aromatic N) is 3. The van der Waals surface area contributed by atoms with E-state index in [1.165, 1.54) is 0 Å². The first-order chi connectivity index (χ1) is 13.6. The summed E-state index contributed by atoms with van der Waals surface area (Å²) in [6.07, 6.45) is 3.53. The van der Waals surface area contributed by atoms with Crippen LogP contribution < -0.4 is 16.9 Å². The van der Waals surface area contributed by atoms with Crippen LogP contribution in [0.3, 0.4) is 0 Å². The number of nitrogens with one attached hydrogen (secondary N) is 2. The van der Waals surface area contributed by atoms with E-state index in [2.05, 4.69) is 25.5 Å². The molecule has 2 aromatic carbocycles. The highest BCUT2D eigenvalue weighted by Gasteiger charge is 2.10. The molecular weight excluding hydrogens is 354 g/mol. The number of hydrogen-bond acceptors (Lipinski definition) is 4. The minimum atomic E-state index is -0.411. The summed E-state index contributed by atoms with van der Waals surface area (Å²) in [6, 6.07) is 17.0. The lowest BCUT2D eigenvalue weighted by atomic mass is 10.1. The van der Waals surface area contributed by atoms with Crippen LogP contribution in [0.25, 0.3) is 33.5 Å². The number of hydrazone groups is 1. The SMILES string of the molecule is NC(N)=NNC(=O)c1cccc(-c2cnc(-c3cc4ccccc4cn3)[nH]2)c1. The number of aromatic nitrogens is 3. The number of carbonyl (C=O) groups excluding carboxylic acids is 1. The second-order valence-electron chi connectivity index (χ2n) is 6.12. The van der Waals surface area contributed by atoms with E-state index in [0.29, 0.717) is 11.4 Å². The number of benzene rings is 2. The molecule has 0 fully saturated rings. The van der Waals surface area contributed by atoms with Crippen molar-refractivity contribution < 1.29 is 4.79 Å². The molecule has 8 heteroatoms. The van der Waals surface area contributed by atoms with Gasteiger partial charge in [-0.3, -0.25) is 9.78 Å². The maximum atomic E-state index is 12.1. The average molecular weight is 371 g/mol. The van der Waals surface area contributed by atoms with E-state index in [9.17, 15) is 4.79 Å². The average Bonchev–Trinajstić information content (AvgIpc) is 3.22. The van der Waals surface area contributed by atoms with E-state index in [1.807, 2.05) is 42.6 Å². The van der Waals surface area contributed by atoms with Gasteiger partial charge in [-0.2, -0.15) is 0 Å². The number of carbonyl (C=O) groups is 1. The third-order valence-electron chi connectivity index (χ3n) is 4.17. The van der Waals surface area contributed by atoms with Gasteiger partial charge >= 0.3 is 0 Å². The van der Waals surface area contributed by atoms with Crippen LogP contribution in [-0.4, -0.2) is 26.8 Å². The normalized spacial score (nSPS) is 10.6. The van der Waals surface area contributed by atoms with Crippen LogP contribution in [0.15, 0.2) is 72.1 Å². The lowest BCUT2D eigenvalue weighted by molar-refractivity contribution is 0.0954. The Kier molecular flexibility index (Phi) is 4.43. The largest absolute Gasteiger partial charge is 0.369 e. The minimum Gasteiger partial charge on any atom is -0.369 e. The maximum Gasteiger partial charge on any atom is 0.271 e. The Morgan fingerprint density at radius 3 is 2.61 bits per heavy atom. The molecule has 28 heavy (non-hydrogen) atoms.